The largest absolute Gasteiger partial charge is 0.337 e. The van der Waals surface area contributed by atoms with Crippen molar-refractivity contribution in [3.8, 4) is 17.2 Å². The molecule has 1 aromatic carbocycles. The number of aromatic nitrogens is 5. The highest BCUT2D eigenvalue weighted by Crippen LogP contribution is 2.12. The second-order valence-electron chi connectivity index (χ2n) is 5.47. The van der Waals surface area contributed by atoms with Gasteiger partial charge in [0.15, 0.2) is 0 Å². The van der Waals surface area contributed by atoms with E-state index in [9.17, 15) is 9.59 Å². The first-order chi connectivity index (χ1) is 12.7. The second kappa shape index (κ2) is 6.60. The quantitative estimate of drug-likeness (QED) is 0.519. The molecule has 128 valence electrons. The zero-order valence-electron chi connectivity index (χ0n) is 13.5. The summed E-state index contributed by atoms with van der Waals surface area (Å²) < 4.78 is 7.69. The first kappa shape index (κ1) is 15.7. The van der Waals surface area contributed by atoms with Crippen LogP contribution in [-0.4, -0.2) is 24.3 Å². The lowest BCUT2D eigenvalue weighted by Crippen LogP contribution is -2.40. The number of hydrogen-bond donors (Lipinski definition) is 0. The molecular formula is C18H13N5O3. The van der Waals surface area contributed by atoms with Crippen LogP contribution in [0.5, 0.6) is 0 Å². The molecule has 0 aliphatic carbocycles. The fourth-order valence-electron chi connectivity index (χ4n) is 2.49. The van der Waals surface area contributed by atoms with E-state index in [1.807, 2.05) is 12.1 Å². The van der Waals surface area contributed by atoms with Gasteiger partial charge in [-0.2, -0.15) is 4.98 Å². The fourth-order valence-corrected chi connectivity index (χ4v) is 2.49. The van der Waals surface area contributed by atoms with E-state index < -0.39 is 11.1 Å². The van der Waals surface area contributed by atoms with Crippen molar-refractivity contribution in [3.63, 3.8) is 0 Å². The van der Waals surface area contributed by atoms with Gasteiger partial charge in [-0.05, 0) is 24.3 Å². The van der Waals surface area contributed by atoms with Gasteiger partial charge in [-0.25, -0.2) is 0 Å². The molecule has 0 bridgehead atoms. The maximum absolute atomic E-state index is 12.4. The third-order valence-electron chi connectivity index (χ3n) is 3.76. The van der Waals surface area contributed by atoms with E-state index in [-0.39, 0.29) is 12.4 Å². The van der Waals surface area contributed by atoms with Crippen molar-refractivity contribution in [1.82, 2.24) is 24.3 Å². The van der Waals surface area contributed by atoms with Crippen LogP contribution < -0.4 is 11.1 Å². The molecular weight excluding hydrogens is 334 g/mol. The molecule has 0 aliphatic heterocycles. The van der Waals surface area contributed by atoms with Crippen LogP contribution in [-0.2, 0) is 6.54 Å². The fraction of sp³-hybridized carbons (Fsp3) is 0.0556. The predicted octanol–water partition coefficient (Wildman–Crippen LogP) is 1.49. The van der Waals surface area contributed by atoms with Crippen LogP contribution in [0.4, 0.5) is 0 Å². The maximum Gasteiger partial charge on any atom is 0.320 e. The molecule has 0 spiro atoms. The highest BCUT2D eigenvalue weighted by atomic mass is 16.5. The number of rotatable bonds is 4. The van der Waals surface area contributed by atoms with Gasteiger partial charge >= 0.3 is 11.1 Å². The molecule has 0 saturated carbocycles. The van der Waals surface area contributed by atoms with Gasteiger partial charge in [-0.1, -0.05) is 29.4 Å². The summed E-state index contributed by atoms with van der Waals surface area (Å²) >= 11 is 0. The van der Waals surface area contributed by atoms with Crippen LogP contribution in [0, 0.1) is 0 Å². The Morgan fingerprint density at radius 1 is 0.923 bits per heavy atom. The molecule has 0 fully saturated rings. The molecule has 3 aromatic heterocycles. The molecule has 4 rings (SSSR count). The van der Waals surface area contributed by atoms with Gasteiger partial charge in [0.1, 0.15) is 12.2 Å². The van der Waals surface area contributed by atoms with E-state index in [0.29, 0.717) is 17.2 Å². The number of benzene rings is 1. The van der Waals surface area contributed by atoms with Crippen molar-refractivity contribution in [2.24, 2.45) is 0 Å². The first-order valence-electron chi connectivity index (χ1n) is 7.84. The van der Waals surface area contributed by atoms with Crippen LogP contribution in [0.25, 0.3) is 17.2 Å². The average molecular weight is 347 g/mol. The van der Waals surface area contributed by atoms with E-state index in [4.69, 9.17) is 4.52 Å². The molecule has 4 aromatic rings. The smallest absolute Gasteiger partial charge is 0.320 e. The van der Waals surface area contributed by atoms with Crippen LogP contribution >= 0.6 is 0 Å². The summed E-state index contributed by atoms with van der Waals surface area (Å²) in [6.07, 6.45) is 4.68. The third-order valence-corrected chi connectivity index (χ3v) is 3.76. The molecule has 0 N–H and O–H groups in total. The second-order valence-corrected chi connectivity index (χ2v) is 5.47. The zero-order valence-corrected chi connectivity index (χ0v) is 13.5. The molecule has 0 unspecified atom stereocenters. The van der Waals surface area contributed by atoms with Crippen LogP contribution in [0.1, 0.15) is 5.89 Å². The molecule has 0 aliphatic rings. The normalized spacial score (nSPS) is 10.8. The van der Waals surface area contributed by atoms with Crippen molar-refractivity contribution in [2.45, 2.75) is 6.54 Å². The Bertz CT molecular complexity index is 1150. The van der Waals surface area contributed by atoms with Gasteiger partial charge in [0.05, 0.1) is 0 Å². The topological polar surface area (TPSA) is 95.8 Å². The van der Waals surface area contributed by atoms with Crippen molar-refractivity contribution >= 4 is 0 Å². The first-order valence-corrected chi connectivity index (χ1v) is 7.84. The zero-order chi connectivity index (χ0) is 17.9. The van der Waals surface area contributed by atoms with E-state index in [0.717, 1.165) is 0 Å². The number of hydrogen-bond acceptors (Lipinski definition) is 6. The molecule has 0 atom stereocenters. The Kier molecular flexibility index (Phi) is 3.98. The van der Waals surface area contributed by atoms with Crippen molar-refractivity contribution in [1.29, 1.82) is 0 Å². The van der Waals surface area contributed by atoms with Gasteiger partial charge in [-0.3, -0.25) is 23.7 Å². The Morgan fingerprint density at radius 2 is 1.73 bits per heavy atom. The minimum absolute atomic E-state index is 0.00351. The number of para-hydroxylation sites is 1. The lowest BCUT2D eigenvalue weighted by atomic mass is 10.3. The monoisotopic (exact) mass is 347 g/mol. The summed E-state index contributed by atoms with van der Waals surface area (Å²) in [5, 5.41) is 3.85. The van der Waals surface area contributed by atoms with Crippen LogP contribution in [0.2, 0.25) is 0 Å². The van der Waals surface area contributed by atoms with Gasteiger partial charge in [-0.15, -0.1) is 0 Å². The minimum Gasteiger partial charge on any atom is -0.337 e. The van der Waals surface area contributed by atoms with Crippen molar-refractivity contribution in [2.75, 3.05) is 0 Å². The van der Waals surface area contributed by atoms with Crippen LogP contribution in [0.15, 0.2) is 81.2 Å². The van der Waals surface area contributed by atoms with Gasteiger partial charge in [0.25, 0.3) is 0 Å². The summed E-state index contributed by atoms with van der Waals surface area (Å²) in [5.74, 6) is 0.538. The Labute approximate surface area is 147 Å². The van der Waals surface area contributed by atoms with E-state index >= 15 is 0 Å². The number of pyridine rings is 1. The Balaban J connectivity index is 1.64. The summed E-state index contributed by atoms with van der Waals surface area (Å²) in [4.78, 5) is 33.1. The average Bonchev–Trinajstić information content (AvgIpc) is 3.16. The van der Waals surface area contributed by atoms with Gasteiger partial charge in [0, 0.05) is 24.3 Å². The predicted molar refractivity (Wildman–Crippen MR) is 92.9 cm³/mol. The molecule has 0 radical (unpaired) electrons. The lowest BCUT2D eigenvalue weighted by molar-refractivity contribution is 0.369. The number of nitrogens with zero attached hydrogens (tertiary/aromatic N) is 5. The summed E-state index contributed by atoms with van der Waals surface area (Å²) in [5.41, 5.74) is -0.136. The lowest BCUT2D eigenvalue weighted by Gasteiger charge is -2.07. The third kappa shape index (κ3) is 2.95. The summed E-state index contributed by atoms with van der Waals surface area (Å²) in [6.45, 7) is 0.00351. The Morgan fingerprint density at radius 3 is 2.50 bits per heavy atom. The van der Waals surface area contributed by atoms with Crippen LogP contribution in [0.3, 0.4) is 0 Å². The van der Waals surface area contributed by atoms with Crippen molar-refractivity contribution < 1.29 is 4.52 Å². The van der Waals surface area contributed by atoms with Gasteiger partial charge < -0.3 is 4.52 Å². The van der Waals surface area contributed by atoms with Crippen molar-refractivity contribution in [3.05, 3.63) is 93.7 Å². The summed E-state index contributed by atoms with van der Waals surface area (Å²) in [6, 6.07) is 14.3. The van der Waals surface area contributed by atoms with E-state index in [2.05, 4.69) is 15.1 Å². The highest BCUT2D eigenvalue weighted by molar-refractivity contribution is 5.47. The summed E-state index contributed by atoms with van der Waals surface area (Å²) in [7, 11) is 0. The minimum atomic E-state index is -0.672. The molecule has 26 heavy (non-hydrogen) atoms. The molecule has 8 nitrogen and oxygen atoms in total. The maximum atomic E-state index is 12.4. The molecule has 0 amide bonds. The van der Waals surface area contributed by atoms with E-state index in [1.54, 1.807) is 42.6 Å². The molecule has 8 heteroatoms. The van der Waals surface area contributed by atoms with E-state index in [1.165, 1.54) is 21.5 Å². The SMILES string of the molecule is O=c1c(=O)n(-c2ccccc2)ccn1Cc1nc(-c2ccccn2)no1. The molecule has 3 heterocycles. The highest BCUT2D eigenvalue weighted by Gasteiger charge is 2.12. The standard InChI is InChI=1S/C18H13N5O3/c24-17-18(25)23(13-6-2-1-3-7-13)11-10-22(17)12-15-20-16(21-26-15)14-8-4-5-9-19-14/h1-11H,12H2. The molecule has 0 saturated heterocycles. The van der Waals surface area contributed by atoms with Gasteiger partial charge in [0.2, 0.25) is 11.7 Å². The Hall–Kier alpha value is -3.81.